The number of hydrogen-bond donors (Lipinski definition) is 2. The van der Waals surface area contributed by atoms with Crippen molar-refractivity contribution in [3.8, 4) is 34.2 Å². The van der Waals surface area contributed by atoms with Gasteiger partial charge in [0, 0.05) is 29.3 Å². The maximum absolute atomic E-state index is 12.6. The molecule has 206 valence electrons. The van der Waals surface area contributed by atoms with Gasteiger partial charge in [0.1, 0.15) is 17.4 Å². The maximum atomic E-state index is 12.6. The second kappa shape index (κ2) is 10.1. The Kier molecular flexibility index (Phi) is 6.42. The van der Waals surface area contributed by atoms with Crippen LogP contribution in [0.15, 0.2) is 59.5 Å². The topological polar surface area (TPSA) is 135 Å². The van der Waals surface area contributed by atoms with Crippen LogP contribution in [0.1, 0.15) is 38.4 Å². The molecular weight excluding hydrogens is 520 g/mol. The fraction of sp³-hybridized carbons (Fsp3) is 0.258. The lowest BCUT2D eigenvalue weighted by molar-refractivity contribution is 0.0523. The zero-order chi connectivity index (χ0) is 28.7. The highest BCUT2D eigenvalue weighted by Crippen LogP contribution is 2.44. The van der Waals surface area contributed by atoms with Crippen LogP contribution in [0.2, 0.25) is 0 Å². The first-order valence-corrected chi connectivity index (χ1v) is 13.4. The second-order valence-electron chi connectivity index (χ2n) is 10.9. The molecule has 0 bridgehead atoms. The number of fused-ring (bicyclic) bond motifs is 5. The molecular formula is C31H28N6O4. The molecule has 10 nitrogen and oxygen atoms in total. The van der Waals surface area contributed by atoms with E-state index in [9.17, 15) is 14.9 Å². The Morgan fingerprint density at radius 1 is 1.17 bits per heavy atom. The van der Waals surface area contributed by atoms with Crippen molar-refractivity contribution in [3.63, 3.8) is 0 Å². The summed E-state index contributed by atoms with van der Waals surface area (Å²) in [6.45, 7) is 6.53. The number of nitriles is 1. The smallest absolute Gasteiger partial charge is 0.407 e. The van der Waals surface area contributed by atoms with E-state index in [-0.39, 0.29) is 12.1 Å². The van der Waals surface area contributed by atoms with Crippen molar-refractivity contribution in [2.45, 2.75) is 45.9 Å². The van der Waals surface area contributed by atoms with E-state index >= 15 is 0 Å². The summed E-state index contributed by atoms with van der Waals surface area (Å²) in [6, 6.07) is 17.6. The number of hydrogen-bond acceptors (Lipinski definition) is 7. The third-order valence-corrected chi connectivity index (χ3v) is 6.95. The van der Waals surface area contributed by atoms with Gasteiger partial charge in [-0.05, 0) is 49.9 Å². The summed E-state index contributed by atoms with van der Waals surface area (Å²) in [5.41, 5.74) is 3.05. The summed E-state index contributed by atoms with van der Waals surface area (Å²) in [5, 5.41) is 27.3. The number of rotatable bonds is 3. The largest absolute Gasteiger partial charge is 0.493 e. The number of amides is 1. The third kappa shape index (κ3) is 4.87. The van der Waals surface area contributed by atoms with Gasteiger partial charge in [-0.3, -0.25) is 9.48 Å². The SMILES string of the molecule is CC(C)(C)OC(=O)NCc1n[nH]c(=O)c2ccc(-c3cnn4c3-c3c(cc5ccccc5c3C#N)OCCC4)cc12. The molecule has 0 saturated heterocycles. The predicted octanol–water partition coefficient (Wildman–Crippen LogP) is 5.29. The molecule has 3 aromatic carbocycles. The first kappa shape index (κ1) is 26.1. The van der Waals surface area contributed by atoms with Gasteiger partial charge in [-0.2, -0.15) is 15.5 Å². The molecule has 6 rings (SSSR count). The van der Waals surface area contributed by atoms with Gasteiger partial charge < -0.3 is 14.8 Å². The number of nitrogens with zero attached hydrogens (tertiary/aromatic N) is 4. The number of ether oxygens (including phenoxy) is 2. The van der Waals surface area contributed by atoms with Crippen LogP contribution in [0.25, 0.3) is 43.9 Å². The van der Waals surface area contributed by atoms with Crippen LogP contribution in [0, 0.1) is 11.3 Å². The first-order chi connectivity index (χ1) is 19.7. The maximum Gasteiger partial charge on any atom is 0.407 e. The van der Waals surface area contributed by atoms with Crippen LogP contribution in [0.3, 0.4) is 0 Å². The minimum atomic E-state index is -0.648. The number of nitrogens with one attached hydrogen (secondary N) is 2. The van der Waals surface area contributed by atoms with E-state index in [0.717, 1.165) is 34.0 Å². The number of alkyl carbamates (subject to hydrolysis) is 1. The van der Waals surface area contributed by atoms with Crippen molar-refractivity contribution in [2.75, 3.05) is 6.61 Å². The Labute approximate surface area is 235 Å². The molecule has 1 aliphatic rings. The van der Waals surface area contributed by atoms with Crippen LogP contribution < -0.4 is 15.6 Å². The van der Waals surface area contributed by atoms with Crippen molar-refractivity contribution in [2.24, 2.45) is 0 Å². The summed E-state index contributed by atoms with van der Waals surface area (Å²) < 4.78 is 13.5. The molecule has 1 amide bonds. The fourth-order valence-electron chi connectivity index (χ4n) is 5.21. The minimum Gasteiger partial charge on any atom is -0.493 e. The summed E-state index contributed by atoms with van der Waals surface area (Å²) in [6.07, 6.45) is 1.95. The zero-order valence-electron chi connectivity index (χ0n) is 22.9. The van der Waals surface area contributed by atoms with Crippen molar-refractivity contribution in [3.05, 3.63) is 76.3 Å². The van der Waals surface area contributed by atoms with Gasteiger partial charge >= 0.3 is 6.09 Å². The number of carbonyl (C=O) groups excluding carboxylic acids is 1. The molecule has 0 radical (unpaired) electrons. The molecule has 41 heavy (non-hydrogen) atoms. The van der Waals surface area contributed by atoms with Gasteiger partial charge in [0.2, 0.25) is 0 Å². The lowest BCUT2D eigenvalue weighted by atomic mass is 9.92. The van der Waals surface area contributed by atoms with Gasteiger partial charge in [0.25, 0.3) is 5.56 Å². The molecule has 3 heterocycles. The van der Waals surface area contributed by atoms with Crippen LogP contribution >= 0.6 is 0 Å². The van der Waals surface area contributed by atoms with Crippen molar-refractivity contribution >= 4 is 27.6 Å². The quantitative estimate of drug-likeness (QED) is 0.313. The van der Waals surface area contributed by atoms with Crippen LogP contribution in [-0.4, -0.2) is 38.3 Å². The Balaban J connectivity index is 1.51. The van der Waals surface area contributed by atoms with Crippen LogP contribution in [0.5, 0.6) is 5.75 Å². The number of H-pyrrole nitrogens is 1. The Bertz CT molecular complexity index is 1930. The van der Waals surface area contributed by atoms with Crippen molar-refractivity contribution in [1.82, 2.24) is 25.3 Å². The van der Waals surface area contributed by atoms with Crippen molar-refractivity contribution in [1.29, 1.82) is 5.26 Å². The lowest BCUT2D eigenvalue weighted by Crippen LogP contribution is -2.32. The molecule has 0 fully saturated rings. The standard InChI is InChI=1S/C31H28N6O4/c1-31(2,3)41-30(39)33-17-25-22-13-19(9-10-21(22)29(38)36-35-25)24-16-34-37-11-6-12-40-26-14-18-7-4-5-8-20(18)23(15-32)27(26)28(24)37/h4-5,7-10,13-14,16H,6,11-12,17H2,1-3H3,(H,33,39)(H,36,38). The molecule has 10 heteroatoms. The average Bonchev–Trinajstić information content (AvgIpc) is 3.34. The van der Waals surface area contributed by atoms with E-state index in [4.69, 9.17) is 14.6 Å². The van der Waals surface area contributed by atoms with Gasteiger partial charge in [-0.15, -0.1) is 0 Å². The Hall–Kier alpha value is -5.17. The van der Waals surface area contributed by atoms with Gasteiger partial charge in [-0.25, -0.2) is 9.89 Å². The predicted molar refractivity (Wildman–Crippen MR) is 154 cm³/mol. The van der Waals surface area contributed by atoms with E-state index < -0.39 is 11.7 Å². The third-order valence-electron chi connectivity index (χ3n) is 6.95. The number of aromatic nitrogens is 4. The normalized spacial score (nSPS) is 12.9. The fourth-order valence-corrected chi connectivity index (χ4v) is 5.21. The summed E-state index contributed by atoms with van der Waals surface area (Å²) in [7, 11) is 0. The monoisotopic (exact) mass is 548 g/mol. The molecule has 0 unspecified atom stereocenters. The summed E-state index contributed by atoms with van der Waals surface area (Å²) in [5.74, 6) is 0.629. The molecule has 0 aliphatic carbocycles. The molecule has 2 N–H and O–H groups in total. The highest BCUT2D eigenvalue weighted by Gasteiger charge is 2.26. The second-order valence-corrected chi connectivity index (χ2v) is 10.9. The number of aromatic amines is 1. The molecule has 2 aromatic heterocycles. The summed E-state index contributed by atoms with van der Waals surface area (Å²) >= 11 is 0. The zero-order valence-corrected chi connectivity index (χ0v) is 22.9. The highest BCUT2D eigenvalue weighted by atomic mass is 16.6. The molecule has 5 aromatic rings. The highest BCUT2D eigenvalue weighted by molar-refractivity contribution is 6.00. The molecule has 1 aliphatic heterocycles. The van der Waals surface area contributed by atoms with E-state index in [1.165, 1.54) is 0 Å². The minimum absolute atomic E-state index is 0.0546. The number of benzene rings is 3. The molecule has 0 spiro atoms. The van der Waals surface area contributed by atoms with E-state index in [0.29, 0.717) is 46.5 Å². The van der Waals surface area contributed by atoms with Crippen molar-refractivity contribution < 1.29 is 14.3 Å². The Morgan fingerprint density at radius 2 is 2.00 bits per heavy atom. The number of aryl methyl sites for hydroxylation is 1. The van der Waals surface area contributed by atoms with E-state index in [1.54, 1.807) is 33.0 Å². The van der Waals surface area contributed by atoms with E-state index in [1.807, 2.05) is 47.1 Å². The van der Waals surface area contributed by atoms with Gasteiger partial charge in [0.05, 0.1) is 47.2 Å². The van der Waals surface area contributed by atoms with Gasteiger partial charge in [-0.1, -0.05) is 30.3 Å². The number of carbonyl (C=O) groups is 1. The summed E-state index contributed by atoms with van der Waals surface area (Å²) in [4.78, 5) is 24.9. The first-order valence-electron chi connectivity index (χ1n) is 13.4. The molecule has 0 atom stereocenters. The van der Waals surface area contributed by atoms with Crippen LogP contribution in [0.4, 0.5) is 4.79 Å². The molecule has 0 saturated carbocycles. The van der Waals surface area contributed by atoms with Gasteiger partial charge in [0.15, 0.2) is 0 Å². The lowest BCUT2D eigenvalue weighted by Gasteiger charge is -2.21. The van der Waals surface area contributed by atoms with Crippen LogP contribution in [-0.2, 0) is 17.8 Å². The average molecular weight is 549 g/mol. The van der Waals surface area contributed by atoms with E-state index in [2.05, 4.69) is 21.6 Å². The Morgan fingerprint density at radius 3 is 2.80 bits per heavy atom.